The molecule has 344 valence electrons. The van der Waals surface area contributed by atoms with Crippen LogP contribution in [-0.2, 0) is 26.5 Å². The van der Waals surface area contributed by atoms with Crippen LogP contribution in [0.5, 0.6) is 0 Å². The zero-order valence-corrected chi connectivity index (χ0v) is 41.7. The molecule has 0 unspecified atom stereocenters. The fraction of sp³-hybridized carbons (Fsp3) is 0.0625. The summed E-state index contributed by atoms with van der Waals surface area (Å²) in [6, 6.07) is 76.9. The molecule has 0 N–H and O–H groups in total. The number of hydrogen-bond acceptors (Lipinski definition) is 3. The summed E-state index contributed by atoms with van der Waals surface area (Å²) in [6.07, 6.45) is 1.93. The Hall–Kier alpha value is -8.51. The molecule has 15 aromatic rings. The van der Waals surface area contributed by atoms with Crippen molar-refractivity contribution in [1.82, 2.24) is 28.2 Å². The largest absolute Gasteiger partial charge is 2.00 e. The standard InChI is InChI=1S/C64H42N6O.Pt/c1-64(2,3)39-33-34-65-59(35-39)70-53-26-14-9-21-45(53)46-31-29-41(36-56(46)70)68-54-27-15-10-22-47(54)60-57(68)38-49(63-66-50-23-11-16-28-55(50)69(63)40-17-5-4-6-18-40)62-61(60)48-32-30-42(37-58(48)71-62)67-51-24-12-7-19-43(51)44-20-8-13-25-52(44)67;/h4-35,37H,1-3H3;/q-2;+2. The molecular weight excluding hydrogens is 1060 g/mol. The number of nitrogens with zero attached hydrogens (tertiary/aromatic N) is 6. The van der Waals surface area contributed by atoms with Gasteiger partial charge >= 0.3 is 21.1 Å². The maximum absolute atomic E-state index is 7.32. The van der Waals surface area contributed by atoms with Gasteiger partial charge < -0.3 is 22.7 Å². The van der Waals surface area contributed by atoms with Gasteiger partial charge in [-0.3, -0.25) is 4.98 Å². The average molecular weight is 1110 g/mol. The first-order valence-corrected chi connectivity index (χ1v) is 24.2. The van der Waals surface area contributed by atoms with Crippen LogP contribution in [0.4, 0.5) is 0 Å². The van der Waals surface area contributed by atoms with Crippen molar-refractivity contribution in [3.05, 3.63) is 218 Å². The minimum atomic E-state index is -0.0574. The molecule has 0 fully saturated rings. The molecule has 72 heavy (non-hydrogen) atoms. The third-order valence-corrected chi connectivity index (χ3v) is 14.6. The fourth-order valence-electron chi connectivity index (χ4n) is 11.3. The maximum atomic E-state index is 7.32. The Morgan fingerprint density at radius 3 is 1.76 bits per heavy atom. The van der Waals surface area contributed by atoms with E-state index in [9.17, 15) is 0 Å². The summed E-state index contributed by atoms with van der Waals surface area (Å²) in [5.41, 5.74) is 14.5. The predicted octanol–water partition coefficient (Wildman–Crippen LogP) is 16.2. The second-order valence-electron chi connectivity index (χ2n) is 19.6. The monoisotopic (exact) mass is 1110 g/mol. The smallest absolute Gasteiger partial charge is 0.500 e. The van der Waals surface area contributed by atoms with Gasteiger partial charge in [-0.1, -0.05) is 152 Å². The van der Waals surface area contributed by atoms with Gasteiger partial charge in [-0.2, -0.15) is 6.07 Å². The summed E-state index contributed by atoms with van der Waals surface area (Å²) in [6.45, 7) is 6.74. The first-order chi connectivity index (χ1) is 34.9. The first-order valence-electron chi connectivity index (χ1n) is 24.2. The second kappa shape index (κ2) is 15.7. The summed E-state index contributed by atoms with van der Waals surface area (Å²) in [7, 11) is 0. The molecule has 0 bridgehead atoms. The Balaban J connectivity index is 0.00000482. The van der Waals surface area contributed by atoms with Gasteiger partial charge in [0.25, 0.3) is 0 Å². The first kappa shape index (κ1) is 42.4. The van der Waals surface area contributed by atoms with Gasteiger partial charge in [-0.25, -0.2) is 4.98 Å². The molecule has 6 heterocycles. The van der Waals surface area contributed by atoms with E-state index in [0.29, 0.717) is 0 Å². The fourth-order valence-corrected chi connectivity index (χ4v) is 11.3. The molecule has 0 aliphatic rings. The molecule has 0 atom stereocenters. The van der Waals surface area contributed by atoms with Gasteiger partial charge in [-0.15, -0.1) is 23.6 Å². The van der Waals surface area contributed by atoms with Crippen LogP contribution in [0.2, 0.25) is 0 Å². The van der Waals surface area contributed by atoms with Gasteiger partial charge in [0.05, 0.1) is 33.5 Å². The van der Waals surface area contributed by atoms with E-state index >= 15 is 0 Å². The van der Waals surface area contributed by atoms with Gasteiger partial charge in [0.15, 0.2) is 0 Å². The molecule has 0 saturated heterocycles. The van der Waals surface area contributed by atoms with E-state index in [2.05, 4.69) is 239 Å². The van der Waals surface area contributed by atoms with Crippen LogP contribution in [-0.4, -0.2) is 28.2 Å². The quantitative estimate of drug-likeness (QED) is 0.161. The summed E-state index contributed by atoms with van der Waals surface area (Å²) < 4.78 is 16.5. The summed E-state index contributed by atoms with van der Waals surface area (Å²) >= 11 is 0. The molecule has 15 rings (SSSR count). The summed E-state index contributed by atoms with van der Waals surface area (Å²) in [4.78, 5) is 10.4. The summed E-state index contributed by atoms with van der Waals surface area (Å²) in [5.74, 6) is 1.60. The molecule has 0 aliphatic heterocycles. The van der Waals surface area contributed by atoms with Crippen LogP contribution >= 0.6 is 0 Å². The van der Waals surface area contributed by atoms with E-state index in [0.717, 1.165) is 122 Å². The molecule has 8 heteroatoms. The number of aromatic nitrogens is 6. The molecule has 0 amide bonds. The number of pyridine rings is 1. The SMILES string of the molecule is CC(C)(C)c1ccnc(-n2c3[c-]c(-n4c5[c-]c(-c6nc7ccccc7n6-c6ccccc6)c6oc7cc(-n8c9ccccc9c9ccccc98)ccc7c6c5c5ccccc54)ccc3c3ccccc32)c1.[Pt+2]. The summed E-state index contributed by atoms with van der Waals surface area (Å²) in [5, 5.41) is 8.85. The number of fused-ring (bicyclic) bond motifs is 14. The van der Waals surface area contributed by atoms with Crippen LogP contribution in [0.15, 0.2) is 205 Å². The molecule has 0 radical (unpaired) electrons. The Kier molecular flexibility index (Phi) is 9.27. The van der Waals surface area contributed by atoms with Crippen LogP contribution in [0.25, 0.3) is 133 Å². The minimum absolute atomic E-state index is 0. The van der Waals surface area contributed by atoms with Crippen LogP contribution < -0.4 is 0 Å². The van der Waals surface area contributed by atoms with Crippen LogP contribution in [0, 0.1) is 12.1 Å². The molecule has 7 nitrogen and oxygen atoms in total. The van der Waals surface area contributed by atoms with Crippen molar-refractivity contribution in [1.29, 1.82) is 0 Å². The van der Waals surface area contributed by atoms with Crippen molar-refractivity contribution in [2.45, 2.75) is 26.2 Å². The van der Waals surface area contributed by atoms with Crippen molar-refractivity contribution in [2.75, 3.05) is 0 Å². The number of rotatable bonds is 5. The zero-order chi connectivity index (χ0) is 47.1. The number of furan rings is 1. The number of hydrogen-bond donors (Lipinski definition) is 0. The Morgan fingerprint density at radius 2 is 1.06 bits per heavy atom. The van der Waals surface area contributed by atoms with Crippen molar-refractivity contribution in [3.8, 4) is 34.3 Å². The molecule has 0 aliphatic carbocycles. The Morgan fingerprint density at radius 1 is 0.458 bits per heavy atom. The molecular formula is C64H42N6OPt. The Bertz CT molecular complexity index is 4640. The number of imidazole rings is 1. The normalized spacial score (nSPS) is 12.3. The third kappa shape index (κ3) is 6.07. The van der Waals surface area contributed by atoms with E-state index in [1.165, 1.54) is 16.3 Å². The van der Waals surface area contributed by atoms with Crippen molar-refractivity contribution < 1.29 is 25.5 Å². The molecule has 0 spiro atoms. The van der Waals surface area contributed by atoms with E-state index < -0.39 is 0 Å². The molecule has 9 aromatic carbocycles. The van der Waals surface area contributed by atoms with Gasteiger partial charge in [-0.05, 0) is 99.4 Å². The maximum Gasteiger partial charge on any atom is 2.00 e. The third-order valence-electron chi connectivity index (χ3n) is 14.6. The van der Waals surface area contributed by atoms with Gasteiger partial charge in [0, 0.05) is 50.8 Å². The second-order valence-corrected chi connectivity index (χ2v) is 19.6. The van der Waals surface area contributed by atoms with Gasteiger partial charge in [0.2, 0.25) is 0 Å². The van der Waals surface area contributed by atoms with E-state index in [1.54, 1.807) is 0 Å². The van der Waals surface area contributed by atoms with Crippen molar-refractivity contribution in [3.63, 3.8) is 0 Å². The van der Waals surface area contributed by atoms with Crippen LogP contribution in [0.3, 0.4) is 0 Å². The molecule has 0 saturated carbocycles. The number of para-hydroxylation sites is 7. The molecule has 6 aromatic heterocycles. The van der Waals surface area contributed by atoms with Crippen LogP contribution in [0.1, 0.15) is 26.3 Å². The van der Waals surface area contributed by atoms with Gasteiger partial charge in [0.1, 0.15) is 11.4 Å². The van der Waals surface area contributed by atoms with E-state index in [-0.39, 0.29) is 26.5 Å². The van der Waals surface area contributed by atoms with E-state index in [4.69, 9.17) is 14.4 Å². The van der Waals surface area contributed by atoms with Crippen molar-refractivity contribution in [2.24, 2.45) is 0 Å². The predicted molar refractivity (Wildman–Crippen MR) is 291 cm³/mol. The topological polar surface area (TPSA) is 58.6 Å². The minimum Gasteiger partial charge on any atom is -0.500 e. The Labute approximate surface area is 428 Å². The zero-order valence-electron chi connectivity index (χ0n) is 39.5. The van der Waals surface area contributed by atoms with E-state index in [1.807, 2.05) is 12.3 Å². The number of benzene rings is 9. The van der Waals surface area contributed by atoms with Crippen molar-refractivity contribution >= 4 is 98.4 Å². The average Bonchev–Trinajstić information content (AvgIpc) is 4.22.